The van der Waals surface area contributed by atoms with Crippen LogP contribution in [0, 0.1) is 19.8 Å². The van der Waals surface area contributed by atoms with E-state index in [-0.39, 0.29) is 0 Å². The molecule has 18 heavy (non-hydrogen) atoms. The summed E-state index contributed by atoms with van der Waals surface area (Å²) in [5.74, 6) is 0.579. The number of nitrogens with one attached hydrogen (secondary N) is 1. The number of aromatic nitrogens is 1. The first-order valence-electron chi connectivity index (χ1n) is 6.97. The van der Waals surface area contributed by atoms with Crippen molar-refractivity contribution >= 4 is 11.3 Å². The largest absolute Gasteiger partial charge is 0.381 e. The zero-order valence-corrected chi connectivity index (χ0v) is 12.5. The van der Waals surface area contributed by atoms with Crippen LogP contribution >= 0.6 is 11.3 Å². The van der Waals surface area contributed by atoms with Crippen molar-refractivity contribution in [2.75, 3.05) is 19.8 Å². The van der Waals surface area contributed by atoms with Gasteiger partial charge in [0, 0.05) is 17.4 Å². The Morgan fingerprint density at radius 1 is 1.50 bits per heavy atom. The van der Waals surface area contributed by atoms with E-state index in [1.165, 1.54) is 28.4 Å². The molecule has 4 heteroatoms. The van der Waals surface area contributed by atoms with Gasteiger partial charge in [-0.1, -0.05) is 6.92 Å². The van der Waals surface area contributed by atoms with Gasteiger partial charge in [-0.3, -0.25) is 0 Å². The van der Waals surface area contributed by atoms with Crippen molar-refractivity contribution in [3.05, 3.63) is 15.6 Å². The molecule has 2 heterocycles. The summed E-state index contributed by atoms with van der Waals surface area (Å²) in [7, 11) is 0. The summed E-state index contributed by atoms with van der Waals surface area (Å²) in [6, 6.07) is 0.377. The van der Waals surface area contributed by atoms with Crippen LogP contribution in [-0.4, -0.2) is 24.7 Å². The number of hydrogen-bond acceptors (Lipinski definition) is 4. The SMILES string of the molecule is CCCNC(c1nc(C)c(C)s1)C1CCCOC1. The first-order chi connectivity index (χ1) is 8.72. The monoisotopic (exact) mass is 268 g/mol. The minimum absolute atomic E-state index is 0.377. The molecule has 0 aromatic carbocycles. The molecule has 102 valence electrons. The first-order valence-corrected chi connectivity index (χ1v) is 7.79. The number of rotatable bonds is 5. The summed E-state index contributed by atoms with van der Waals surface area (Å²) in [5, 5.41) is 4.91. The molecule has 0 radical (unpaired) electrons. The molecule has 0 aliphatic carbocycles. The second-order valence-electron chi connectivity index (χ2n) is 5.10. The Morgan fingerprint density at radius 2 is 2.33 bits per heavy atom. The van der Waals surface area contributed by atoms with E-state index in [9.17, 15) is 0 Å². The zero-order valence-electron chi connectivity index (χ0n) is 11.7. The van der Waals surface area contributed by atoms with Gasteiger partial charge in [0.15, 0.2) is 0 Å². The molecule has 1 fully saturated rings. The van der Waals surface area contributed by atoms with Crippen LogP contribution in [0.5, 0.6) is 0 Å². The van der Waals surface area contributed by atoms with Gasteiger partial charge in [0.1, 0.15) is 5.01 Å². The van der Waals surface area contributed by atoms with E-state index in [1.54, 1.807) is 0 Å². The predicted octanol–water partition coefficient (Wildman–Crippen LogP) is 3.23. The third-order valence-electron chi connectivity index (χ3n) is 3.59. The van der Waals surface area contributed by atoms with Gasteiger partial charge in [-0.05, 0) is 39.7 Å². The van der Waals surface area contributed by atoms with E-state index in [4.69, 9.17) is 9.72 Å². The van der Waals surface area contributed by atoms with Crippen molar-refractivity contribution < 1.29 is 4.74 Å². The zero-order chi connectivity index (χ0) is 13.0. The van der Waals surface area contributed by atoms with Crippen molar-refractivity contribution in [3.63, 3.8) is 0 Å². The molecule has 0 saturated carbocycles. The normalized spacial score (nSPS) is 22.1. The van der Waals surface area contributed by atoms with Crippen LogP contribution in [0.3, 0.4) is 0 Å². The summed E-state index contributed by atoms with van der Waals surface area (Å²) < 4.78 is 5.64. The average molecular weight is 268 g/mol. The van der Waals surface area contributed by atoms with Crippen LogP contribution in [0.4, 0.5) is 0 Å². The van der Waals surface area contributed by atoms with Crippen molar-refractivity contribution in [2.24, 2.45) is 5.92 Å². The summed E-state index contributed by atoms with van der Waals surface area (Å²) in [6.07, 6.45) is 3.59. The van der Waals surface area contributed by atoms with Gasteiger partial charge in [0.2, 0.25) is 0 Å². The third-order valence-corrected chi connectivity index (χ3v) is 4.75. The molecule has 1 aliphatic rings. The molecule has 1 aromatic rings. The van der Waals surface area contributed by atoms with Crippen LogP contribution in [0.1, 0.15) is 47.8 Å². The maximum atomic E-state index is 5.64. The number of aryl methyl sites for hydroxylation is 2. The van der Waals surface area contributed by atoms with Crippen molar-refractivity contribution in [1.29, 1.82) is 0 Å². The highest BCUT2D eigenvalue weighted by Crippen LogP contribution is 2.32. The van der Waals surface area contributed by atoms with Crippen molar-refractivity contribution in [3.8, 4) is 0 Å². The Balaban J connectivity index is 2.12. The molecule has 2 atom stereocenters. The van der Waals surface area contributed by atoms with Crippen molar-refractivity contribution in [2.45, 2.75) is 46.1 Å². The fraction of sp³-hybridized carbons (Fsp3) is 0.786. The second-order valence-corrected chi connectivity index (χ2v) is 6.34. The second kappa shape index (κ2) is 6.64. The fourth-order valence-corrected chi connectivity index (χ4v) is 3.51. The van der Waals surface area contributed by atoms with Gasteiger partial charge in [0.05, 0.1) is 18.3 Å². The molecule has 1 aliphatic heterocycles. The maximum Gasteiger partial charge on any atom is 0.110 e. The lowest BCUT2D eigenvalue weighted by Gasteiger charge is -2.29. The Kier molecular flexibility index (Phi) is 5.15. The van der Waals surface area contributed by atoms with Crippen LogP contribution in [0.15, 0.2) is 0 Å². The summed E-state index contributed by atoms with van der Waals surface area (Å²) >= 11 is 1.84. The van der Waals surface area contributed by atoms with E-state index in [1.807, 2.05) is 11.3 Å². The topological polar surface area (TPSA) is 34.2 Å². The Labute approximate surface area is 114 Å². The molecule has 1 aromatic heterocycles. The molecule has 2 unspecified atom stereocenters. The molecule has 0 amide bonds. The Hall–Kier alpha value is -0.450. The lowest BCUT2D eigenvalue weighted by molar-refractivity contribution is 0.0390. The molecule has 1 N–H and O–H groups in total. The number of hydrogen-bond donors (Lipinski definition) is 1. The Morgan fingerprint density at radius 3 is 2.89 bits per heavy atom. The first kappa shape index (κ1) is 14.0. The molecule has 2 rings (SSSR count). The highest BCUT2D eigenvalue weighted by atomic mass is 32.1. The standard InChI is InChI=1S/C14H24N2OS/c1-4-7-15-13(12-6-5-8-17-9-12)14-16-10(2)11(3)18-14/h12-13,15H,4-9H2,1-3H3. The average Bonchev–Trinajstić information content (AvgIpc) is 2.71. The fourth-order valence-electron chi connectivity index (χ4n) is 2.41. The number of nitrogens with zero attached hydrogens (tertiary/aromatic N) is 1. The van der Waals surface area contributed by atoms with E-state index >= 15 is 0 Å². The minimum Gasteiger partial charge on any atom is -0.381 e. The number of thiazole rings is 1. The van der Waals surface area contributed by atoms with E-state index in [2.05, 4.69) is 26.1 Å². The summed E-state index contributed by atoms with van der Waals surface area (Å²) in [4.78, 5) is 6.08. The highest BCUT2D eigenvalue weighted by Gasteiger charge is 2.27. The van der Waals surface area contributed by atoms with Gasteiger partial charge in [-0.15, -0.1) is 11.3 Å². The van der Waals surface area contributed by atoms with Gasteiger partial charge in [0.25, 0.3) is 0 Å². The quantitative estimate of drug-likeness (QED) is 0.890. The van der Waals surface area contributed by atoms with E-state index < -0.39 is 0 Å². The van der Waals surface area contributed by atoms with Crippen LogP contribution in [-0.2, 0) is 4.74 Å². The van der Waals surface area contributed by atoms with Gasteiger partial charge >= 0.3 is 0 Å². The number of ether oxygens (including phenoxy) is 1. The molecule has 0 spiro atoms. The van der Waals surface area contributed by atoms with Crippen LogP contribution in [0.25, 0.3) is 0 Å². The third kappa shape index (κ3) is 3.31. The lowest BCUT2D eigenvalue weighted by Crippen LogP contribution is -2.33. The summed E-state index contributed by atoms with van der Waals surface area (Å²) in [5.41, 5.74) is 1.18. The van der Waals surface area contributed by atoms with Crippen LogP contribution < -0.4 is 5.32 Å². The molecular weight excluding hydrogens is 244 g/mol. The van der Waals surface area contributed by atoms with Gasteiger partial charge in [-0.2, -0.15) is 0 Å². The van der Waals surface area contributed by atoms with Gasteiger partial charge in [-0.25, -0.2) is 4.98 Å². The van der Waals surface area contributed by atoms with E-state index in [0.29, 0.717) is 12.0 Å². The maximum absolute atomic E-state index is 5.64. The molecule has 3 nitrogen and oxygen atoms in total. The Bertz CT molecular complexity index is 352. The van der Waals surface area contributed by atoms with Crippen molar-refractivity contribution in [1.82, 2.24) is 10.3 Å². The molecule has 1 saturated heterocycles. The summed E-state index contributed by atoms with van der Waals surface area (Å²) in [6.45, 7) is 9.32. The highest BCUT2D eigenvalue weighted by molar-refractivity contribution is 7.11. The lowest BCUT2D eigenvalue weighted by atomic mass is 9.94. The van der Waals surface area contributed by atoms with E-state index in [0.717, 1.165) is 26.2 Å². The molecule has 0 bridgehead atoms. The molecular formula is C14H24N2OS. The minimum atomic E-state index is 0.377. The van der Waals surface area contributed by atoms with Gasteiger partial charge < -0.3 is 10.1 Å². The predicted molar refractivity (Wildman–Crippen MR) is 76.2 cm³/mol. The van der Waals surface area contributed by atoms with Crippen LogP contribution in [0.2, 0.25) is 0 Å². The smallest absolute Gasteiger partial charge is 0.110 e.